The molecule has 1 amide bonds. The van der Waals surface area contributed by atoms with E-state index >= 15 is 0 Å². The van der Waals surface area contributed by atoms with Crippen molar-refractivity contribution >= 4 is 11.7 Å². The number of carbonyl (C=O) groups excluding carboxylic acids is 1. The molecule has 0 unspecified atom stereocenters. The summed E-state index contributed by atoms with van der Waals surface area (Å²) in [6.45, 7) is 10.2. The third-order valence-electron chi connectivity index (χ3n) is 7.18. The molecule has 7 heteroatoms. The van der Waals surface area contributed by atoms with Crippen molar-refractivity contribution in [3.63, 3.8) is 0 Å². The predicted molar refractivity (Wildman–Crippen MR) is 148 cm³/mol. The van der Waals surface area contributed by atoms with Crippen molar-refractivity contribution in [2.75, 3.05) is 58.4 Å². The molecule has 1 saturated heterocycles. The number of rotatable bonds is 15. The van der Waals surface area contributed by atoms with Gasteiger partial charge in [0.2, 0.25) is 5.91 Å². The average molecular weight is 498 g/mol. The Morgan fingerprint density at radius 3 is 2.39 bits per heavy atom. The summed E-state index contributed by atoms with van der Waals surface area (Å²) in [5, 5.41) is 4.99. The van der Waals surface area contributed by atoms with Crippen LogP contribution >= 0.6 is 0 Å². The maximum Gasteiger partial charge on any atom is 0.222 e. The molecule has 36 heavy (non-hydrogen) atoms. The van der Waals surface area contributed by atoms with Crippen molar-refractivity contribution in [1.82, 2.24) is 19.6 Å². The van der Waals surface area contributed by atoms with E-state index in [2.05, 4.69) is 59.6 Å². The molecule has 1 aliphatic heterocycles. The number of hydrogen-bond donors (Lipinski definition) is 0. The third kappa shape index (κ3) is 8.07. The van der Waals surface area contributed by atoms with Crippen LogP contribution in [0.5, 0.6) is 0 Å². The molecule has 200 valence electrons. The zero-order valence-electron chi connectivity index (χ0n) is 23.0. The summed E-state index contributed by atoms with van der Waals surface area (Å²) in [4.78, 5) is 20.3. The summed E-state index contributed by atoms with van der Waals surface area (Å²) in [6, 6.07) is 10.4. The number of amides is 1. The summed E-state index contributed by atoms with van der Waals surface area (Å²) in [7, 11) is 3.90. The van der Waals surface area contributed by atoms with Crippen molar-refractivity contribution in [3.8, 4) is 5.69 Å². The Morgan fingerprint density at radius 1 is 1.00 bits per heavy atom. The number of piperazine rings is 1. The number of methoxy groups -OCH3 is 1. The maximum absolute atomic E-state index is 13.4. The van der Waals surface area contributed by atoms with Crippen molar-refractivity contribution < 1.29 is 9.53 Å². The highest BCUT2D eigenvalue weighted by atomic mass is 16.5. The van der Waals surface area contributed by atoms with Gasteiger partial charge in [-0.1, -0.05) is 57.2 Å². The van der Waals surface area contributed by atoms with Crippen molar-refractivity contribution in [2.24, 2.45) is 0 Å². The van der Waals surface area contributed by atoms with Crippen LogP contribution in [-0.4, -0.2) is 79.0 Å². The monoisotopic (exact) mass is 497 g/mol. The van der Waals surface area contributed by atoms with Crippen molar-refractivity contribution in [1.29, 1.82) is 0 Å². The van der Waals surface area contributed by atoms with Crippen molar-refractivity contribution in [3.05, 3.63) is 41.6 Å². The number of ether oxygens (including phenoxy) is 1. The number of hydrogen-bond acceptors (Lipinski definition) is 5. The first-order valence-corrected chi connectivity index (χ1v) is 13.9. The highest BCUT2D eigenvalue weighted by molar-refractivity contribution is 5.76. The molecule has 7 nitrogen and oxygen atoms in total. The van der Waals surface area contributed by atoms with Crippen LogP contribution in [0.1, 0.15) is 69.5 Å². The summed E-state index contributed by atoms with van der Waals surface area (Å²) >= 11 is 0. The summed E-state index contributed by atoms with van der Waals surface area (Å²) < 4.78 is 7.39. The fourth-order valence-electron chi connectivity index (χ4n) is 4.92. The largest absolute Gasteiger partial charge is 0.385 e. The first kappa shape index (κ1) is 28.2. The maximum atomic E-state index is 13.4. The summed E-state index contributed by atoms with van der Waals surface area (Å²) in [5.41, 5.74) is 3.22. The van der Waals surface area contributed by atoms with Crippen LogP contribution in [0.25, 0.3) is 5.69 Å². The zero-order chi connectivity index (χ0) is 25.8. The first-order valence-electron chi connectivity index (χ1n) is 13.9. The molecule has 3 rings (SSSR count). The minimum Gasteiger partial charge on any atom is -0.385 e. The number of aromatic nitrogens is 2. The number of anilines is 1. The van der Waals surface area contributed by atoms with Gasteiger partial charge in [0.25, 0.3) is 0 Å². The van der Waals surface area contributed by atoms with Crippen LogP contribution in [0, 0.1) is 6.92 Å². The molecule has 1 aliphatic rings. The van der Waals surface area contributed by atoms with Crippen LogP contribution in [0.15, 0.2) is 30.3 Å². The second-order valence-electron chi connectivity index (χ2n) is 10.1. The molecule has 0 bridgehead atoms. The lowest BCUT2D eigenvalue weighted by molar-refractivity contribution is -0.132. The van der Waals surface area contributed by atoms with E-state index in [9.17, 15) is 4.79 Å². The van der Waals surface area contributed by atoms with Gasteiger partial charge in [0.1, 0.15) is 5.82 Å². The molecule has 0 atom stereocenters. The minimum absolute atomic E-state index is 0.248. The molecule has 2 aromatic rings. The topological polar surface area (TPSA) is 53.8 Å². The quantitative estimate of drug-likeness (QED) is 0.322. The Balaban J connectivity index is 1.82. The highest BCUT2D eigenvalue weighted by Crippen LogP contribution is 2.30. The lowest BCUT2D eigenvalue weighted by Crippen LogP contribution is -2.45. The standard InChI is InChI=1S/C29H47N5O2/c1-5-6-7-8-9-13-17-28(35)33(18-14-23-36-4)24-27-25(2)30-34(26-15-11-10-12-16-26)29(27)32-21-19-31(3)20-22-32/h10-12,15-16H,5-9,13-14,17-24H2,1-4H3. The Kier molecular flexibility index (Phi) is 11.8. The minimum atomic E-state index is 0.248. The summed E-state index contributed by atoms with van der Waals surface area (Å²) in [6.07, 6.45) is 8.60. The smallest absolute Gasteiger partial charge is 0.222 e. The van der Waals surface area contributed by atoms with Gasteiger partial charge in [-0.3, -0.25) is 4.79 Å². The van der Waals surface area contributed by atoms with Crippen LogP contribution in [0.2, 0.25) is 0 Å². The van der Waals surface area contributed by atoms with E-state index in [-0.39, 0.29) is 5.91 Å². The van der Waals surface area contributed by atoms with Gasteiger partial charge in [-0.25, -0.2) is 4.68 Å². The van der Waals surface area contributed by atoms with Crippen LogP contribution in [0.3, 0.4) is 0 Å². The SMILES string of the molecule is CCCCCCCCC(=O)N(CCCOC)Cc1c(C)nn(-c2ccccc2)c1N1CCN(C)CC1. The van der Waals surface area contributed by atoms with Crippen molar-refractivity contribution in [2.45, 2.75) is 71.8 Å². The Bertz CT molecular complexity index is 906. The average Bonchev–Trinajstić information content (AvgIpc) is 3.22. The lowest BCUT2D eigenvalue weighted by atomic mass is 10.1. The number of para-hydroxylation sites is 1. The lowest BCUT2D eigenvalue weighted by Gasteiger charge is -2.35. The van der Waals surface area contributed by atoms with Gasteiger partial charge in [-0.15, -0.1) is 0 Å². The molecule has 1 aromatic heterocycles. The number of nitrogens with zero attached hydrogens (tertiary/aromatic N) is 5. The van der Waals surface area contributed by atoms with Gasteiger partial charge in [0.05, 0.1) is 17.9 Å². The third-order valence-corrected chi connectivity index (χ3v) is 7.18. The molecular weight excluding hydrogens is 450 g/mol. The Labute approximate surface area is 218 Å². The van der Waals surface area contributed by atoms with Crippen LogP contribution in [-0.2, 0) is 16.1 Å². The van der Waals surface area contributed by atoms with E-state index in [4.69, 9.17) is 9.84 Å². The predicted octanol–water partition coefficient (Wildman–Crippen LogP) is 5.05. The molecule has 0 aliphatic carbocycles. The molecular formula is C29H47N5O2. The highest BCUT2D eigenvalue weighted by Gasteiger charge is 2.27. The molecule has 1 fully saturated rings. The number of aryl methyl sites for hydroxylation is 1. The van der Waals surface area contributed by atoms with E-state index in [1.165, 1.54) is 25.7 Å². The number of benzene rings is 1. The van der Waals surface area contributed by atoms with Gasteiger partial charge in [0.15, 0.2) is 0 Å². The van der Waals surface area contributed by atoms with Gasteiger partial charge in [-0.2, -0.15) is 5.10 Å². The zero-order valence-corrected chi connectivity index (χ0v) is 23.0. The van der Waals surface area contributed by atoms with Gasteiger partial charge >= 0.3 is 0 Å². The second-order valence-corrected chi connectivity index (χ2v) is 10.1. The molecule has 0 spiro atoms. The van der Waals surface area contributed by atoms with E-state index in [0.717, 1.165) is 68.2 Å². The van der Waals surface area contributed by atoms with Crippen LogP contribution < -0.4 is 4.90 Å². The van der Waals surface area contributed by atoms with E-state index < -0.39 is 0 Å². The number of unbranched alkanes of at least 4 members (excludes halogenated alkanes) is 5. The Morgan fingerprint density at radius 2 is 1.69 bits per heavy atom. The first-order chi connectivity index (χ1) is 17.5. The Hall–Kier alpha value is -2.38. The van der Waals surface area contributed by atoms with E-state index in [0.29, 0.717) is 26.1 Å². The molecule has 0 saturated carbocycles. The fraction of sp³-hybridized carbons (Fsp3) is 0.655. The fourth-order valence-corrected chi connectivity index (χ4v) is 4.92. The van der Waals surface area contributed by atoms with Gasteiger partial charge in [-0.05, 0) is 38.9 Å². The normalized spacial score (nSPS) is 14.4. The van der Waals surface area contributed by atoms with E-state index in [1.54, 1.807) is 7.11 Å². The van der Waals surface area contributed by atoms with Crippen LogP contribution in [0.4, 0.5) is 5.82 Å². The molecule has 0 N–H and O–H groups in total. The number of carbonyl (C=O) groups is 1. The summed E-state index contributed by atoms with van der Waals surface area (Å²) in [5.74, 6) is 1.38. The molecule has 0 radical (unpaired) electrons. The second kappa shape index (κ2) is 15.0. The number of likely N-dealkylation sites (N-methyl/N-ethyl adjacent to an activating group) is 1. The van der Waals surface area contributed by atoms with E-state index in [1.807, 2.05) is 11.0 Å². The van der Waals surface area contributed by atoms with Gasteiger partial charge in [0, 0.05) is 58.4 Å². The van der Waals surface area contributed by atoms with Gasteiger partial charge < -0.3 is 19.4 Å². The molecule has 1 aromatic carbocycles. The molecule has 2 heterocycles.